The van der Waals surface area contributed by atoms with Crippen LogP contribution in [0.5, 0.6) is 0 Å². The highest BCUT2D eigenvalue weighted by molar-refractivity contribution is 6.30. The molecule has 1 amide bonds. The van der Waals surface area contributed by atoms with Crippen LogP contribution < -0.4 is 5.32 Å². The first-order valence-electron chi connectivity index (χ1n) is 7.54. The van der Waals surface area contributed by atoms with Gasteiger partial charge in [-0.15, -0.1) is 0 Å². The zero-order valence-corrected chi connectivity index (χ0v) is 13.1. The summed E-state index contributed by atoms with van der Waals surface area (Å²) in [6.45, 7) is 2.70. The van der Waals surface area contributed by atoms with Crippen molar-refractivity contribution in [3.8, 4) is 0 Å². The second kappa shape index (κ2) is 6.99. The smallest absolute Gasteiger partial charge is 0.254 e. The molecule has 0 saturated carbocycles. The number of amides is 1. The molecular formula is C17H19ClN2O2. The maximum absolute atomic E-state index is 12.1. The summed E-state index contributed by atoms with van der Waals surface area (Å²) in [5.74, 6) is -0.105. The largest absolute Gasteiger partial charge is 0.472 e. The van der Waals surface area contributed by atoms with E-state index in [9.17, 15) is 4.79 Å². The number of hydrogen-bond acceptors (Lipinski definition) is 3. The maximum atomic E-state index is 12.1. The van der Waals surface area contributed by atoms with E-state index in [2.05, 4.69) is 10.2 Å². The quantitative estimate of drug-likeness (QED) is 0.917. The van der Waals surface area contributed by atoms with Gasteiger partial charge >= 0.3 is 0 Å². The van der Waals surface area contributed by atoms with Crippen LogP contribution in [0.15, 0.2) is 47.3 Å². The van der Waals surface area contributed by atoms with Crippen molar-refractivity contribution in [1.82, 2.24) is 10.2 Å². The molecule has 5 heteroatoms. The van der Waals surface area contributed by atoms with Crippen LogP contribution in [-0.4, -0.2) is 30.4 Å². The highest BCUT2D eigenvalue weighted by atomic mass is 35.5. The molecule has 1 fully saturated rings. The zero-order chi connectivity index (χ0) is 15.4. The third-order valence-corrected chi connectivity index (χ3v) is 4.33. The Morgan fingerprint density at radius 1 is 1.23 bits per heavy atom. The fourth-order valence-electron chi connectivity index (χ4n) is 2.88. The van der Waals surface area contributed by atoms with Gasteiger partial charge in [-0.3, -0.25) is 9.69 Å². The molecule has 1 aliphatic rings. The highest BCUT2D eigenvalue weighted by Gasteiger charge is 2.24. The molecule has 0 unspecified atom stereocenters. The van der Waals surface area contributed by atoms with E-state index in [1.54, 1.807) is 6.07 Å². The van der Waals surface area contributed by atoms with Gasteiger partial charge in [-0.05, 0) is 49.7 Å². The predicted molar refractivity (Wildman–Crippen MR) is 86.0 cm³/mol. The Hall–Kier alpha value is -1.78. The number of hydrogen-bond donors (Lipinski definition) is 1. The van der Waals surface area contributed by atoms with Crippen molar-refractivity contribution in [1.29, 1.82) is 0 Å². The summed E-state index contributed by atoms with van der Waals surface area (Å²) in [4.78, 5) is 14.5. The average molecular weight is 319 g/mol. The Morgan fingerprint density at radius 2 is 1.95 bits per heavy atom. The second-order valence-corrected chi connectivity index (χ2v) is 5.97. The van der Waals surface area contributed by atoms with Gasteiger partial charge in [0.25, 0.3) is 5.91 Å². The normalized spacial score (nSPS) is 16.6. The van der Waals surface area contributed by atoms with Gasteiger partial charge in [0.15, 0.2) is 0 Å². The first-order valence-corrected chi connectivity index (χ1v) is 7.92. The second-order valence-electron chi connectivity index (χ2n) is 5.53. The molecule has 0 spiro atoms. The fourth-order valence-corrected chi connectivity index (χ4v) is 3.01. The van der Waals surface area contributed by atoms with Gasteiger partial charge in [-0.1, -0.05) is 23.7 Å². The van der Waals surface area contributed by atoms with Crippen LogP contribution in [-0.2, 0) is 0 Å². The minimum absolute atomic E-state index is 0.105. The summed E-state index contributed by atoms with van der Waals surface area (Å²) < 4.78 is 4.95. The summed E-state index contributed by atoms with van der Waals surface area (Å²) in [5, 5.41) is 3.73. The molecule has 1 atom stereocenters. The molecule has 1 N–H and O–H groups in total. The Kier molecular flexibility index (Phi) is 4.80. The monoisotopic (exact) mass is 318 g/mol. The molecule has 2 heterocycles. The standard InChI is InChI=1S/C17H19ClN2O2/c18-15-5-3-13(4-6-15)16(20-8-1-2-9-20)11-19-17(21)14-7-10-22-12-14/h3-7,10,12,16H,1-2,8-9,11H2,(H,19,21)/t16-/m0/s1. The van der Waals surface area contributed by atoms with E-state index in [-0.39, 0.29) is 11.9 Å². The van der Waals surface area contributed by atoms with Gasteiger partial charge in [-0.2, -0.15) is 0 Å². The number of benzene rings is 1. The molecular weight excluding hydrogens is 300 g/mol. The summed E-state index contributed by atoms with van der Waals surface area (Å²) in [6, 6.07) is 9.72. The summed E-state index contributed by atoms with van der Waals surface area (Å²) in [6.07, 6.45) is 5.38. The first-order chi connectivity index (χ1) is 10.7. The van der Waals surface area contributed by atoms with Crippen LogP contribution in [0.3, 0.4) is 0 Å². The molecule has 2 aromatic rings. The number of halogens is 1. The van der Waals surface area contributed by atoms with Gasteiger partial charge < -0.3 is 9.73 Å². The summed E-state index contributed by atoms with van der Waals surface area (Å²) in [7, 11) is 0. The molecule has 1 aromatic carbocycles. The average Bonchev–Trinajstić information content (AvgIpc) is 3.22. The van der Waals surface area contributed by atoms with E-state index in [1.807, 2.05) is 24.3 Å². The van der Waals surface area contributed by atoms with Crippen molar-refractivity contribution in [2.24, 2.45) is 0 Å². The van der Waals surface area contributed by atoms with Crippen LogP contribution in [0.2, 0.25) is 5.02 Å². The fraction of sp³-hybridized carbons (Fsp3) is 0.353. The van der Waals surface area contributed by atoms with E-state index >= 15 is 0 Å². The molecule has 0 radical (unpaired) electrons. The van der Waals surface area contributed by atoms with Gasteiger partial charge in [0.05, 0.1) is 17.9 Å². The number of likely N-dealkylation sites (tertiary alicyclic amines) is 1. The lowest BCUT2D eigenvalue weighted by atomic mass is 10.1. The lowest BCUT2D eigenvalue weighted by molar-refractivity contribution is 0.0937. The Morgan fingerprint density at radius 3 is 2.59 bits per heavy atom. The third-order valence-electron chi connectivity index (χ3n) is 4.08. The number of rotatable bonds is 5. The minimum atomic E-state index is -0.105. The number of carbonyl (C=O) groups excluding carboxylic acids is 1. The van der Waals surface area contributed by atoms with Crippen molar-refractivity contribution in [3.63, 3.8) is 0 Å². The van der Waals surface area contributed by atoms with Crippen molar-refractivity contribution in [2.75, 3.05) is 19.6 Å². The van der Waals surface area contributed by atoms with E-state index < -0.39 is 0 Å². The third kappa shape index (κ3) is 3.51. The summed E-state index contributed by atoms with van der Waals surface area (Å²) in [5.41, 5.74) is 1.73. The number of nitrogens with one attached hydrogen (secondary N) is 1. The zero-order valence-electron chi connectivity index (χ0n) is 12.3. The first kappa shape index (κ1) is 15.1. The number of furan rings is 1. The molecule has 1 aliphatic heterocycles. The highest BCUT2D eigenvalue weighted by Crippen LogP contribution is 2.25. The molecule has 1 aromatic heterocycles. The molecule has 0 aliphatic carbocycles. The van der Waals surface area contributed by atoms with E-state index in [0.29, 0.717) is 12.1 Å². The molecule has 3 rings (SSSR count). The molecule has 116 valence electrons. The minimum Gasteiger partial charge on any atom is -0.472 e. The van der Waals surface area contributed by atoms with Crippen molar-refractivity contribution in [2.45, 2.75) is 18.9 Å². The topological polar surface area (TPSA) is 45.5 Å². The molecule has 22 heavy (non-hydrogen) atoms. The summed E-state index contributed by atoms with van der Waals surface area (Å²) >= 11 is 5.98. The lowest BCUT2D eigenvalue weighted by Gasteiger charge is -2.28. The van der Waals surface area contributed by atoms with Crippen molar-refractivity contribution >= 4 is 17.5 Å². The predicted octanol–water partition coefficient (Wildman–Crippen LogP) is 3.50. The Labute approximate surface area is 135 Å². The van der Waals surface area contributed by atoms with Gasteiger partial charge in [0.2, 0.25) is 0 Å². The van der Waals surface area contributed by atoms with Crippen molar-refractivity contribution in [3.05, 3.63) is 59.0 Å². The number of nitrogens with zero attached hydrogens (tertiary/aromatic N) is 1. The molecule has 4 nitrogen and oxygen atoms in total. The Bertz CT molecular complexity index is 604. The van der Waals surface area contributed by atoms with Crippen LogP contribution in [0.1, 0.15) is 34.8 Å². The Balaban J connectivity index is 1.71. The van der Waals surface area contributed by atoms with E-state index in [4.69, 9.17) is 16.0 Å². The van der Waals surface area contributed by atoms with Crippen LogP contribution >= 0.6 is 11.6 Å². The van der Waals surface area contributed by atoms with Crippen molar-refractivity contribution < 1.29 is 9.21 Å². The lowest BCUT2D eigenvalue weighted by Crippen LogP contribution is -2.36. The van der Waals surface area contributed by atoms with Gasteiger partial charge in [-0.25, -0.2) is 0 Å². The molecule has 1 saturated heterocycles. The van der Waals surface area contributed by atoms with E-state index in [0.717, 1.165) is 18.1 Å². The van der Waals surface area contributed by atoms with Gasteiger partial charge in [0, 0.05) is 11.6 Å². The van der Waals surface area contributed by atoms with E-state index in [1.165, 1.54) is 30.9 Å². The van der Waals surface area contributed by atoms with Crippen LogP contribution in [0, 0.1) is 0 Å². The van der Waals surface area contributed by atoms with Crippen LogP contribution in [0.25, 0.3) is 0 Å². The SMILES string of the molecule is O=C(NC[C@@H](c1ccc(Cl)cc1)N1CCCC1)c1ccoc1. The number of carbonyl (C=O) groups is 1. The molecule has 0 bridgehead atoms. The van der Waals surface area contributed by atoms with Gasteiger partial charge in [0.1, 0.15) is 6.26 Å². The van der Waals surface area contributed by atoms with Crippen LogP contribution in [0.4, 0.5) is 0 Å². The maximum Gasteiger partial charge on any atom is 0.254 e.